The van der Waals surface area contributed by atoms with E-state index in [1.54, 1.807) is 6.33 Å². The van der Waals surface area contributed by atoms with Gasteiger partial charge in [0.1, 0.15) is 18.1 Å². The fraction of sp³-hybridized carbons (Fsp3) is 0.444. The van der Waals surface area contributed by atoms with E-state index in [1.807, 2.05) is 4.57 Å². The van der Waals surface area contributed by atoms with Gasteiger partial charge in [-0.25, -0.2) is 15.0 Å². The smallest absolute Gasteiger partial charge is 0.166 e. The van der Waals surface area contributed by atoms with Crippen molar-refractivity contribution in [3.8, 4) is 0 Å². The molecule has 0 N–H and O–H groups in total. The van der Waals surface area contributed by atoms with Crippen LogP contribution in [-0.4, -0.2) is 26.1 Å². The van der Waals surface area contributed by atoms with E-state index in [4.69, 9.17) is 16.3 Å². The summed E-state index contributed by atoms with van der Waals surface area (Å²) in [5.41, 5.74) is 1.37. The number of hydrogen-bond acceptors (Lipinski definition) is 4. The molecule has 1 atom stereocenters. The first-order valence-corrected chi connectivity index (χ1v) is 5.18. The molecule has 0 saturated carbocycles. The minimum atomic E-state index is 0.0426. The molecule has 6 heteroatoms. The monoisotopic (exact) mass is 224 g/mol. The van der Waals surface area contributed by atoms with Gasteiger partial charge in [0.2, 0.25) is 0 Å². The number of aromatic nitrogens is 4. The van der Waals surface area contributed by atoms with Crippen LogP contribution < -0.4 is 0 Å². The Balaban J connectivity index is 2.15. The second kappa shape index (κ2) is 3.43. The molecule has 5 nitrogen and oxygen atoms in total. The van der Waals surface area contributed by atoms with Gasteiger partial charge in [-0.05, 0) is 12.8 Å². The lowest BCUT2D eigenvalue weighted by Crippen LogP contribution is -2.06. The van der Waals surface area contributed by atoms with Crippen LogP contribution in [-0.2, 0) is 4.74 Å². The first-order chi connectivity index (χ1) is 7.36. The van der Waals surface area contributed by atoms with E-state index in [2.05, 4.69) is 15.0 Å². The zero-order chi connectivity index (χ0) is 10.3. The Morgan fingerprint density at radius 3 is 3.13 bits per heavy atom. The molecule has 0 spiro atoms. The molecule has 3 rings (SSSR count). The minimum Gasteiger partial charge on any atom is -0.358 e. The third kappa shape index (κ3) is 1.39. The van der Waals surface area contributed by atoms with Gasteiger partial charge in [-0.1, -0.05) is 11.6 Å². The molecule has 1 aliphatic rings. The number of ether oxygens (including phenoxy) is 1. The first kappa shape index (κ1) is 9.06. The average Bonchev–Trinajstić information content (AvgIpc) is 2.85. The molecule has 0 aromatic carbocycles. The van der Waals surface area contributed by atoms with Crippen molar-refractivity contribution in [2.45, 2.75) is 19.1 Å². The van der Waals surface area contributed by atoms with Crippen LogP contribution in [0.3, 0.4) is 0 Å². The zero-order valence-electron chi connectivity index (χ0n) is 7.93. The number of hydrogen-bond donors (Lipinski definition) is 0. The number of halogens is 1. The van der Waals surface area contributed by atoms with Crippen molar-refractivity contribution in [1.29, 1.82) is 0 Å². The quantitative estimate of drug-likeness (QED) is 0.693. The highest BCUT2D eigenvalue weighted by atomic mass is 35.5. The molecule has 2 aromatic heterocycles. The summed E-state index contributed by atoms with van der Waals surface area (Å²) in [4.78, 5) is 12.2. The highest BCUT2D eigenvalue weighted by Crippen LogP contribution is 2.27. The Morgan fingerprint density at radius 2 is 2.33 bits per heavy atom. The maximum Gasteiger partial charge on any atom is 0.166 e. The molecule has 3 heterocycles. The van der Waals surface area contributed by atoms with Crippen LogP contribution in [0.1, 0.15) is 19.1 Å². The van der Waals surface area contributed by atoms with Crippen molar-refractivity contribution in [2.24, 2.45) is 0 Å². The predicted octanol–water partition coefficient (Wildman–Crippen LogP) is 1.79. The summed E-state index contributed by atoms with van der Waals surface area (Å²) in [6, 6.07) is 0. The SMILES string of the molecule is Clc1ncnc2c1ncn2[C@@H]1CCCO1. The Morgan fingerprint density at radius 1 is 1.40 bits per heavy atom. The lowest BCUT2D eigenvalue weighted by molar-refractivity contribution is 0.0593. The third-order valence-corrected chi connectivity index (χ3v) is 2.81. The summed E-state index contributed by atoms with van der Waals surface area (Å²) in [6.07, 6.45) is 5.26. The van der Waals surface area contributed by atoms with E-state index in [0.717, 1.165) is 25.1 Å². The Labute approximate surface area is 91.1 Å². The molecule has 0 amide bonds. The number of rotatable bonds is 1. The molecule has 0 radical (unpaired) electrons. The molecular formula is C9H9ClN4O. The molecule has 0 unspecified atom stereocenters. The van der Waals surface area contributed by atoms with Gasteiger partial charge in [0.25, 0.3) is 0 Å². The van der Waals surface area contributed by atoms with Crippen LogP contribution in [0.5, 0.6) is 0 Å². The summed E-state index contributed by atoms with van der Waals surface area (Å²) in [7, 11) is 0. The Kier molecular flexibility index (Phi) is 2.07. The molecule has 1 aliphatic heterocycles. The predicted molar refractivity (Wildman–Crippen MR) is 54.6 cm³/mol. The van der Waals surface area contributed by atoms with Crippen molar-refractivity contribution >= 4 is 22.8 Å². The molecule has 0 bridgehead atoms. The van der Waals surface area contributed by atoms with Gasteiger partial charge < -0.3 is 4.74 Å². The van der Waals surface area contributed by atoms with Gasteiger partial charge in [0, 0.05) is 6.61 Å². The van der Waals surface area contributed by atoms with E-state index in [1.165, 1.54) is 6.33 Å². The van der Waals surface area contributed by atoms with Crippen molar-refractivity contribution in [2.75, 3.05) is 6.61 Å². The fourth-order valence-electron chi connectivity index (χ4n) is 1.81. The van der Waals surface area contributed by atoms with Crippen molar-refractivity contribution in [3.63, 3.8) is 0 Å². The standard InChI is InChI=1S/C9H9ClN4O/c10-8-7-9(12-4-11-8)14(5-13-7)6-2-1-3-15-6/h4-6H,1-3H2/t6-/m0/s1. The maximum absolute atomic E-state index is 5.91. The van der Waals surface area contributed by atoms with Crippen LogP contribution in [0.4, 0.5) is 0 Å². The topological polar surface area (TPSA) is 52.8 Å². The number of imidazole rings is 1. The lowest BCUT2D eigenvalue weighted by atomic mass is 10.3. The van der Waals surface area contributed by atoms with Crippen LogP contribution in [0, 0.1) is 0 Å². The normalized spacial score (nSPS) is 21.3. The first-order valence-electron chi connectivity index (χ1n) is 4.81. The third-order valence-electron chi connectivity index (χ3n) is 2.53. The molecule has 78 valence electrons. The van der Waals surface area contributed by atoms with Gasteiger partial charge in [-0.3, -0.25) is 4.57 Å². The molecule has 1 saturated heterocycles. The lowest BCUT2D eigenvalue weighted by Gasteiger charge is -2.10. The van der Waals surface area contributed by atoms with Crippen molar-refractivity contribution < 1.29 is 4.74 Å². The summed E-state index contributed by atoms with van der Waals surface area (Å²) in [6.45, 7) is 0.795. The van der Waals surface area contributed by atoms with Gasteiger partial charge in [-0.2, -0.15) is 0 Å². The largest absolute Gasteiger partial charge is 0.358 e. The highest BCUT2D eigenvalue weighted by Gasteiger charge is 2.20. The van der Waals surface area contributed by atoms with E-state index in [0.29, 0.717) is 10.7 Å². The highest BCUT2D eigenvalue weighted by molar-refractivity contribution is 6.33. The molecule has 0 aliphatic carbocycles. The summed E-state index contributed by atoms with van der Waals surface area (Å²) >= 11 is 5.91. The van der Waals surface area contributed by atoms with E-state index >= 15 is 0 Å². The Hall–Kier alpha value is -1.20. The number of nitrogens with zero attached hydrogens (tertiary/aromatic N) is 4. The van der Waals surface area contributed by atoms with Gasteiger partial charge in [0.05, 0.1) is 6.33 Å². The maximum atomic E-state index is 5.91. The van der Waals surface area contributed by atoms with Gasteiger partial charge in [-0.15, -0.1) is 0 Å². The van der Waals surface area contributed by atoms with Gasteiger partial charge in [0.15, 0.2) is 10.8 Å². The van der Waals surface area contributed by atoms with Gasteiger partial charge >= 0.3 is 0 Å². The van der Waals surface area contributed by atoms with Crippen molar-refractivity contribution in [3.05, 3.63) is 17.8 Å². The number of fused-ring (bicyclic) bond motifs is 1. The van der Waals surface area contributed by atoms with E-state index < -0.39 is 0 Å². The molecule has 1 fully saturated rings. The average molecular weight is 225 g/mol. The molecule has 15 heavy (non-hydrogen) atoms. The Bertz CT molecular complexity index is 492. The summed E-state index contributed by atoms with van der Waals surface area (Å²) in [5, 5.41) is 0.386. The summed E-state index contributed by atoms with van der Waals surface area (Å²) < 4.78 is 7.48. The van der Waals surface area contributed by atoms with Crippen LogP contribution in [0.15, 0.2) is 12.7 Å². The fourth-order valence-corrected chi connectivity index (χ4v) is 1.99. The molecule has 2 aromatic rings. The van der Waals surface area contributed by atoms with Crippen LogP contribution in [0.25, 0.3) is 11.2 Å². The van der Waals surface area contributed by atoms with E-state index in [9.17, 15) is 0 Å². The van der Waals surface area contributed by atoms with Crippen LogP contribution >= 0.6 is 11.6 Å². The zero-order valence-corrected chi connectivity index (χ0v) is 8.68. The minimum absolute atomic E-state index is 0.0426. The second-order valence-electron chi connectivity index (χ2n) is 3.46. The van der Waals surface area contributed by atoms with Crippen molar-refractivity contribution in [1.82, 2.24) is 19.5 Å². The summed E-state index contributed by atoms with van der Waals surface area (Å²) in [5.74, 6) is 0. The van der Waals surface area contributed by atoms with E-state index in [-0.39, 0.29) is 6.23 Å². The molecular weight excluding hydrogens is 216 g/mol. The van der Waals surface area contributed by atoms with Crippen LogP contribution in [0.2, 0.25) is 5.15 Å². The second-order valence-corrected chi connectivity index (χ2v) is 3.81.